The Morgan fingerprint density at radius 3 is 2.80 bits per heavy atom. The van der Waals surface area contributed by atoms with Crippen LogP contribution in [-0.4, -0.2) is 20.7 Å². The summed E-state index contributed by atoms with van der Waals surface area (Å²) in [7, 11) is 0. The summed E-state index contributed by atoms with van der Waals surface area (Å²) in [6.45, 7) is 0. The molecule has 0 unspecified atom stereocenters. The van der Waals surface area contributed by atoms with Crippen LogP contribution < -0.4 is 5.32 Å². The number of hydrogen-bond acceptors (Lipinski definition) is 4. The van der Waals surface area contributed by atoms with Gasteiger partial charge in [0.15, 0.2) is 11.6 Å². The molecule has 3 aromatic heterocycles. The molecule has 100 valence electrons. The number of rotatable bonds is 3. The first kappa shape index (κ1) is 12.6. The second-order valence-electron chi connectivity index (χ2n) is 3.94. The van der Waals surface area contributed by atoms with E-state index in [9.17, 15) is 4.79 Å². The first-order valence-electron chi connectivity index (χ1n) is 5.74. The Morgan fingerprint density at radius 1 is 1.30 bits per heavy atom. The van der Waals surface area contributed by atoms with E-state index in [-0.39, 0.29) is 11.7 Å². The van der Waals surface area contributed by atoms with E-state index in [0.29, 0.717) is 11.5 Å². The second kappa shape index (κ2) is 5.30. The van der Waals surface area contributed by atoms with E-state index in [4.69, 9.17) is 4.42 Å². The number of amides is 1. The average molecular weight is 333 g/mol. The molecule has 0 aliphatic carbocycles. The maximum Gasteiger partial charge on any atom is 0.291 e. The van der Waals surface area contributed by atoms with Gasteiger partial charge >= 0.3 is 0 Å². The molecular formula is C13H9BrN4O2. The fourth-order valence-electron chi connectivity index (χ4n) is 1.62. The highest BCUT2D eigenvalue weighted by atomic mass is 79.9. The third kappa shape index (κ3) is 2.62. The van der Waals surface area contributed by atoms with Gasteiger partial charge in [0.2, 0.25) is 0 Å². The summed E-state index contributed by atoms with van der Waals surface area (Å²) in [5, 5.41) is 6.82. The van der Waals surface area contributed by atoms with Gasteiger partial charge in [-0.25, -0.2) is 9.67 Å². The summed E-state index contributed by atoms with van der Waals surface area (Å²) in [5.41, 5.74) is 0.585. The Hall–Kier alpha value is -2.41. The van der Waals surface area contributed by atoms with E-state index >= 15 is 0 Å². The molecule has 1 amide bonds. The molecule has 7 heteroatoms. The van der Waals surface area contributed by atoms with E-state index in [1.807, 2.05) is 0 Å². The van der Waals surface area contributed by atoms with Crippen LogP contribution in [0.3, 0.4) is 0 Å². The lowest BCUT2D eigenvalue weighted by Crippen LogP contribution is -2.11. The molecule has 3 rings (SSSR count). The largest absolute Gasteiger partial charge is 0.459 e. The molecule has 0 aliphatic heterocycles. The number of furan rings is 1. The van der Waals surface area contributed by atoms with Crippen molar-refractivity contribution in [3.63, 3.8) is 0 Å². The molecular weight excluding hydrogens is 324 g/mol. The van der Waals surface area contributed by atoms with E-state index in [0.717, 1.165) is 4.47 Å². The number of pyridine rings is 1. The lowest BCUT2D eigenvalue weighted by molar-refractivity contribution is 0.0996. The molecule has 0 saturated heterocycles. The van der Waals surface area contributed by atoms with Gasteiger partial charge in [-0.05, 0) is 40.2 Å². The van der Waals surface area contributed by atoms with Gasteiger partial charge in [0.05, 0.1) is 28.8 Å². The van der Waals surface area contributed by atoms with Gasteiger partial charge in [-0.2, -0.15) is 5.10 Å². The number of nitrogens with zero attached hydrogens (tertiary/aromatic N) is 3. The number of nitrogens with one attached hydrogen (secondary N) is 1. The Morgan fingerprint density at radius 2 is 2.20 bits per heavy atom. The minimum Gasteiger partial charge on any atom is -0.459 e. The van der Waals surface area contributed by atoms with Crippen LogP contribution in [0, 0.1) is 0 Å². The van der Waals surface area contributed by atoms with E-state index in [1.165, 1.54) is 6.26 Å². The molecule has 6 nitrogen and oxygen atoms in total. The maximum atomic E-state index is 11.8. The van der Waals surface area contributed by atoms with Gasteiger partial charge in [-0.3, -0.25) is 4.79 Å². The van der Waals surface area contributed by atoms with Crippen LogP contribution in [0.2, 0.25) is 0 Å². The van der Waals surface area contributed by atoms with Crippen molar-refractivity contribution in [3.05, 3.63) is 59.4 Å². The van der Waals surface area contributed by atoms with Crippen LogP contribution in [-0.2, 0) is 0 Å². The lowest BCUT2D eigenvalue weighted by Gasteiger charge is -2.04. The third-order valence-corrected chi connectivity index (χ3v) is 2.95. The normalized spacial score (nSPS) is 10.4. The quantitative estimate of drug-likeness (QED) is 0.800. The molecule has 0 spiro atoms. The Kier molecular flexibility index (Phi) is 3.34. The number of hydrogen-bond donors (Lipinski definition) is 1. The zero-order valence-corrected chi connectivity index (χ0v) is 11.7. The molecule has 0 fully saturated rings. The van der Waals surface area contributed by atoms with Crippen LogP contribution in [0.15, 0.2) is 58.0 Å². The van der Waals surface area contributed by atoms with Gasteiger partial charge in [-0.1, -0.05) is 0 Å². The highest BCUT2D eigenvalue weighted by Gasteiger charge is 2.09. The van der Waals surface area contributed by atoms with Crippen molar-refractivity contribution in [2.24, 2.45) is 0 Å². The minimum absolute atomic E-state index is 0.255. The predicted octanol–water partition coefficient (Wildman–Crippen LogP) is 2.88. The molecule has 0 aromatic carbocycles. The van der Waals surface area contributed by atoms with Crippen LogP contribution in [0.1, 0.15) is 10.6 Å². The lowest BCUT2D eigenvalue weighted by atomic mass is 10.3. The van der Waals surface area contributed by atoms with Crippen molar-refractivity contribution in [1.29, 1.82) is 0 Å². The Balaban J connectivity index is 1.75. The third-order valence-electron chi connectivity index (χ3n) is 2.54. The van der Waals surface area contributed by atoms with Crippen LogP contribution in [0.5, 0.6) is 0 Å². The summed E-state index contributed by atoms with van der Waals surface area (Å²) in [5.74, 6) is 0.600. The summed E-state index contributed by atoms with van der Waals surface area (Å²) in [6.07, 6.45) is 6.48. The number of carbonyl (C=O) groups excluding carboxylic acids is 1. The Bertz CT molecular complexity index is 719. The summed E-state index contributed by atoms with van der Waals surface area (Å²) in [4.78, 5) is 16.0. The fourth-order valence-corrected chi connectivity index (χ4v) is 1.91. The molecule has 0 radical (unpaired) electrons. The van der Waals surface area contributed by atoms with Crippen molar-refractivity contribution in [2.45, 2.75) is 0 Å². The van der Waals surface area contributed by atoms with Crippen molar-refractivity contribution in [3.8, 4) is 5.82 Å². The fraction of sp³-hybridized carbons (Fsp3) is 0. The van der Waals surface area contributed by atoms with Crippen molar-refractivity contribution >= 4 is 27.5 Å². The molecule has 0 bridgehead atoms. The molecule has 1 N–H and O–H groups in total. The van der Waals surface area contributed by atoms with E-state index < -0.39 is 0 Å². The van der Waals surface area contributed by atoms with E-state index in [1.54, 1.807) is 47.5 Å². The molecule has 3 heterocycles. The van der Waals surface area contributed by atoms with Crippen LogP contribution in [0.4, 0.5) is 5.69 Å². The second-order valence-corrected chi connectivity index (χ2v) is 4.86. The Labute approximate surface area is 122 Å². The zero-order chi connectivity index (χ0) is 13.9. The summed E-state index contributed by atoms with van der Waals surface area (Å²) >= 11 is 3.32. The SMILES string of the molecule is O=C(Nc1ccc(-n2cc(Br)cn2)nc1)c1ccco1. The van der Waals surface area contributed by atoms with Gasteiger partial charge in [0, 0.05) is 6.20 Å². The maximum absolute atomic E-state index is 11.8. The van der Waals surface area contributed by atoms with Gasteiger partial charge in [-0.15, -0.1) is 0 Å². The first-order valence-corrected chi connectivity index (χ1v) is 6.53. The number of aromatic nitrogens is 3. The van der Waals surface area contributed by atoms with Gasteiger partial charge in [0.25, 0.3) is 5.91 Å². The van der Waals surface area contributed by atoms with Gasteiger partial charge < -0.3 is 9.73 Å². The number of halogens is 1. The summed E-state index contributed by atoms with van der Waals surface area (Å²) in [6, 6.07) is 6.76. The molecule has 0 aliphatic rings. The van der Waals surface area contributed by atoms with Crippen molar-refractivity contribution in [2.75, 3.05) is 5.32 Å². The highest BCUT2D eigenvalue weighted by molar-refractivity contribution is 9.10. The first-order chi connectivity index (χ1) is 9.72. The van der Waals surface area contributed by atoms with Crippen molar-refractivity contribution < 1.29 is 9.21 Å². The molecule has 3 aromatic rings. The van der Waals surface area contributed by atoms with E-state index in [2.05, 4.69) is 31.3 Å². The number of carbonyl (C=O) groups is 1. The number of anilines is 1. The minimum atomic E-state index is -0.314. The molecule has 0 saturated carbocycles. The van der Waals surface area contributed by atoms with Crippen LogP contribution >= 0.6 is 15.9 Å². The standard InChI is InChI=1S/C13H9BrN4O2/c14-9-6-16-18(8-9)12-4-3-10(7-15-12)17-13(19)11-2-1-5-20-11/h1-8H,(H,17,19). The smallest absolute Gasteiger partial charge is 0.291 e. The van der Waals surface area contributed by atoms with Crippen LogP contribution in [0.25, 0.3) is 5.82 Å². The van der Waals surface area contributed by atoms with Crippen molar-refractivity contribution in [1.82, 2.24) is 14.8 Å². The molecule has 0 atom stereocenters. The highest BCUT2D eigenvalue weighted by Crippen LogP contribution is 2.13. The monoisotopic (exact) mass is 332 g/mol. The predicted molar refractivity (Wildman–Crippen MR) is 75.7 cm³/mol. The zero-order valence-electron chi connectivity index (χ0n) is 10.2. The molecule has 20 heavy (non-hydrogen) atoms. The summed E-state index contributed by atoms with van der Waals surface area (Å²) < 4.78 is 7.51. The topological polar surface area (TPSA) is 73.0 Å². The average Bonchev–Trinajstić information content (AvgIpc) is 3.10. The van der Waals surface area contributed by atoms with Gasteiger partial charge in [0.1, 0.15) is 0 Å².